The molecule has 0 saturated heterocycles. The molecule has 1 aromatic heterocycles. The van der Waals surface area contributed by atoms with Gasteiger partial charge in [0.1, 0.15) is 5.03 Å². The van der Waals surface area contributed by atoms with Crippen LogP contribution in [0.4, 0.5) is 0 Å². The van der Waals surface area contributed by atoms with Crippen molar-refractivity contribution < 1.29 is 34.1 Å². The van der Waals surface area contributed by atoms with Crippen LogP contribution < -0.4 is 0 Å². The smallest absolute Gasteiger partial charge is 0.134 e. The molecule has 0 atom stereocenters. The zero-order valence-corrected chi connectivity index (χ0v) is 19.4. The van der Waals surface area contributed by atoms with Crippen molar-refractivity contribution in [1.82, 2.24) is 15.4 Å². The van der Waals surface area contributed by atoms with E-state index in [1.165, 1.54) is 0 Å². The molecule has 1 aromatic rings. The maximum Gasteiger partial charge on any atom is 2.00 e. The number of aromatic nitrogens is 3. The molecule has 0 aromatic carbocycles. The average molecular weight is 495 g/mol. The molecule has 20 radical (unpaired) electrons. The third-order valence-electron chi connectivity index (χ3n) is 3.92. The molecule has 0 unspecified atom stereocenters. The molecule has 4 aliphatic carbocycles. The Morgan fingerprint density at radius 2 is 0.933 bits per heavy atom. The van der Waals surface area contributed by atoms with Crippen LogP contribution in [0, 0.1) is 127 Å². The number of hydrogen-bond acceptors (Lipinski definition) is 4. The third kappa shape index (κ3) is 9.10. The maximum atomic E-state index is 4.21. The van der Waals surface area contributed by atoms with Gasteiger partial charge in [-0.25, -0.2) is 0 Å². The van der Waals surface area contributed by atoms with Gasteiger partial charge in [0.15, 0.2) is 0 Å². The molecule has 0 aliphatic heterocycles. The predicted molar refractivity (Wildman–Crippen MR) is 114 cm³/mol. The largest absolute Gasteiger partial charge is 2.00 e. The van der Waals surface area contributed by atoms with Crippen LogP contribution in [0.1, 0.15) is 11.3 Å². The SMILES string of the molecule is CSc1nnnc([C]2[CH][CH][CH][CH]2)c1[C]1[CH][CH][CH][CH]1.[CH]1[CH][CH][CH][CH]1.[CH]1[CH][CH][CH][CH]1.[Fe+2].[Fe+2]. The summed E-state index contributed by atoms with van der Waals surface area (Å²) < 4.78 is 0. The molecule has 0 bridgehead atoms. The van der Waals surface area contributed by atoms with Gasteiger partial charge in [0.2, 0.25) is 0 Å². The first kappa shape index (κ1) is 28.4. The van der Waals surface area contributed by atoms with E-state index in [2.05, 4.69) is 28.3 Å². The van der Waals surface area contributed by atoms with E-state index in [1.807, 2.05) is 109 Å². The topological polar surface area (TPSA) is 38.7 Å². The molecule has 0 amide bonds. The maximum absolute atomic E-state index is 4.21. The van der Waals surface area contributed by atoms with Gasteiger partial charge in [-0.15, -0.1) is 22.0 Å². The van der Waals surface area contributed by atoms with Gasteiger partial charge in [0, 0.05) is 17.4 Å². The summed E-state index contributed by atoms with van der Waals surface area (Å²) in [6, 6.07) is 0. The van der Waals surface area contributed by atoms with Crippen LogP contribution in [0.15, 0.2) is 5.03 Å². The van der Waals surface area contributed by atoms with Gasteiger partial charge in [-0.1, -0.05) is 0 Å². The second-order valence-corrected chi connectivity index (χ2v) is 6.59. The number of nitrogens with zero attached hydrogens (tertiary/aromatic N) is 3. The normalized spacial score (nSPS) is 21.1. The van der Waals surface area contributed by atoms with Crippen molar-refractivity contribution in [2.24, 2.45) is 0 Å². The monoisotopic (exact) mass is 495 g/mol. The van der Waals surface area contributed by atoms with Gasteiger partial charge in [-0.05, 0) is 127 Å². The Morgan fingerprint density at radius 3 is 1.33 bits per heavy atom. The van der Waals surface area contributed by atoms with Crippen LogP contribution in [-0.2, 0) is 34.1 Å². The Labute approximate surface area is 210 Å². The Bertz CT molecular complexity index is 528. The fraction of sp³-hybridized carbons (Fsp3) is 0.0417. The second-order valence-electron chi connectivity index (χ2n) is 5.79. The van der Waals surface area contributed by atoms with Crippen molar-refractivity contribution in [3.63, 3.8) is 0 Å². The van der Waals surface area contributed by atoms with E-state index >= 15 is 0 Å². The van der Waals surface area contributed by atoms with Gasteiger partial charge < -0.3 is 0 Å². The molecular weight excluding hydrogens is 474 g/mol. The minimum Gasteiger partial charge on any atom is -0.134 e. The van der Waals surface area contributed by atoms with Gasteiger partial charge in [0.25, 0.3) is 0 Å². The first-order valence-electron chi connectivity index (χ1n) is 8.95. The van der Waals surface area contributed by atoms with Gasteiger partial charge in [-0.2, -0.15) is 0 Å². The summed E-state index contributed by atoms with van der Waals surface area (Å²) in [5.74, 6) is 2.22. The van der Waals surface area contributed by atoms with Crippen LogP contribution in [-0.4, -0.2) is 21.7 Å². The molecule has 4 aliphatic rings. The minimum absolute atomic E-state index is 0. The van der Waals surface area contributed by atoms with Crippen molar-refractivity contribution in [1.29, 1.82) is 0 Å². The number of thioether (sulfide) groups is 1. The fourth-order valence-electron chi connectivity index (χ4n) is 2.63. The molecule has 4 fully saturated rings. The minimum atomic E-state index is 0. The Kier molecular flexibility index (Phi) is 16.1. The summed E-state index contributed by atoms with van der Waals surface area (Å²) in [5.41, 5.74) is 1.96. The van der Waals surface area contributed by atoms with Gasteiger partial charge >= 0.3 is 34.1 Å². The van der Waals surface area contributed by atoms with Crippen molar-refractivity contribution >= 4 is 11.8 Å². The second kappa shape index (κ2) is 17.0. The van der Waals surface area contributed by atoms with Crippen LogP contribution in [0.25, 0.3) is 0 Å². The van der Waals surface area contributed by atoms with Crippen molar-refractivity contribution in [2.45, 2.75) is 5.03 Å². The van der Waals surface area contributed by atoms with Gasteiger partial charge in [0.05, 0.1) is 5.69 Å². The first-order valence-corrected chi connectivity index (χ1v) is 10.2. The van der Waals surface area contributed by atoms with Crippen molar-refractivity contribution in [2.75, 3.05) is 6.26 Å². The zero-order chi connectivity index (χ0) is 19.4. The Morgan fingerprint density at radius 1 is 0.533 bits per heavy atom. The first-order chi connectivity index (χ1) is 13.9. The van der Waals surface area contributed by atoms with Crippen LogP contribution >= 0.6 is 11.8 Å². The summed E-state index contributed by atoms with van der Waals surface area (Å²) in [6.07, 6.45) is 38.3. The summed E-state index contributed by atoms with van der Waals surface area (Å²) in [6.45, 7) is 0. The van der Waals surface area contributed by atoms with Gasteiger partial charge in [-0.3, -0.25) is 0 Å². The molecular formula is C24H21Fe2N3S+4. The molecule has 150 valence electrons. The van der Waals surface area contributed by atoms with Crippen LogP contribution in [0.5, 0.6) is 0 Å². The van der Waals surface area contributed by atoms with Crippen LogP contribution in [0.3, 0.4) is 0 Å². The average Bonchev–Trinajstić information content (AvgIpc) is 3.58. The molecule has 30 heavy (non-hydrogen) atoms. The molecule has 3 nitrogen and oxygen atoms in total. The van der Waals surface area contributed by atoms with E-state index in [-0.39, 0.29) is 34.1 Å². The molecule has 1 heterocycles. The molecule has 6 heteroatoms. The van der Waals surface area contributed by atoms with Crippen molar-refractivity contribution in [3.8, 4) is 0 Å². The van der Waals surface area contributed by atoms with E-state index in [9.17, 15) is 0 Å². The Balaban J connectivity index is 0.000000310. The summed E-state index contributed by atoms with van der Waals surface area (Å²) in [5, 5.41) is 13.1. The molecule has 4 saturated carbocycles. The summed E-state index contributed by atoms with van der Waals surface area (Å²) in [4.78, 5) is 0. The van der Waals surface area contributed by atoms with E-state index in [0.717, 1.165) is 28.1 Å². The number of hydrogen-bond donors (Lipinski definition) is 0. The Hall–Kier alpha value is 0.399. The zero-order valence-electron chi connectivity index (χ0n) is 16.3. The quantitative estimate of drug-likeness (QED) is 0.467. The van der Waals surface area contributed by atoms with E-state index in [4.69, 9.17) is 0 Å². The van der Waals surface area contributed by atoms with E-state index < -0.39 is 0 Å². The molecule has 0 spiro atoms. The third-order valence-corrected chi connectivity index (χ3v) is 4.60. The summed E-state index contributed by atoms with van der Waals surface area (Å²) in [7, 11) is 0. The fourth-order valence-corrected chi connectivity index (χ4v) is 3.16. The van der Waals surface area contributed by atoms with Crippen molar-refractivity contribution in [3.05, 3.63) is 139 Å². The van der Waals surface area contributed by atoms with Crippen LogP contribution in [0.2, 0.25) is 0 Å². The van der Waals surface area contributed by atoms with E-state index in [0.29, 0.717) is 0 Å². The predicted octanol–water partition coefficient (Wildman–Crippen LogP) is 4.14. The molecule has 5 rings (SSSR count). The number of rotatable bonds is 3. The summed E-state index contributed by atoms with van der Waals surface area (Å²) >= 11 is 1.59. The standard InChI is InChI=1S/C14H11N3S.2C5H5.2Fe/c1-18-14-12(10-6-2-3-7-10)13(15-17-16-14)11-8-4-5-9-11;2*1-2-4-5-3-1;;/h2-9H,1H3;2*1-5H;;/q;;;2*+2. The van der Waals surface area contributed by atoms with E-state index in [1.54, 1.807) is 11.8 Å². The molecule has 0 N–H and O–H groups in total.